The number of nitro groups is 1. The van der Waals surface area contributed by atoms with Gasteiger partial charge in [0.2, 0.25) is 0 Å². The van der Waals surface area contributed by atoms with E-state index in [1.54, 1.807) is 16.2 Å². The van der Waals surface area contributed by atoms with Crippen LogP contribution in [0.15, 0.2) is 0 Å². The molecule has 0 aromatic rings. The number of rotatable bonds is 0. The molecule has 3 nitrogen and oxygen atoms in total. The zero-order valence-electron chi connectivity index (χ0n) is 2.08. The van der Waals surface area contributed by atoms with Crippen molar-refractivity contribution in [2.45, 2.75) is 0 Å². The zero-order valence-corrected chi connectivity index (χ0v) is 5.51. The molecule has 31 valence electrons. The second-order valence-electron chi connectivity index (χ2n) is 0.224. The molecule has 1 radical (unpaired) electrons. The molecule has 0 bridgehead atoms. The summed E-state index contributed by atoms with van der Waals surface area (Å²) in [6.45, 7) is 0. The van der Waals surface area contributed by atoms with Gasteiger partial charge in [0, 0.05) is 0 Å². The van der Waals surface area contributed by atoms with Gasteiger partial charge in [-0.1, -0.05) is 0 Å². The van der Waals surface area contributed by atoms with Crippen molar-refractivity contribution in [3.05, 3.63) is 10.1 Å². The summed E-state index contributed by atoms with van der Waals surface area (Å²) in [5.41, 5.74) is 0. The summed E-state index contributed by atoms with van der Waals surface area (Å²) in [5, 5.41) is 8.75. The van der Waals surface area contributed by atoms with Gasteiger partial charge in [-0.05, 0) is 0 Å². The maximum absolute atomic E-state index is 8.75. The van der Waals surface area contributed by atoms with Crippen molar-refractivity contribution in [2.24, 2.45) is 0 Å². The molecule has 5 heavy (non-hydrogen) atoms. The molecule has 0 aliphatic heterocycles. The maximum atomic E-state index is 8.75. The standard InChI is InChI=1S/BrH.NO2Se/c;2-1(3)4/h1H;. The van der Waals surface area contributed by atoms with E-state index < -0.39 is 3.94 Å². The Hall–Kier alpha value is 0.399. The molecule has 0 aliphatic rings. The Morgan fingerprint density at radius 1 is 1.80 bits per heavy atom. The van der Waals surface area contributed by atoms with Crippen molar-refractivity contribution in [3.63, 3.8) is 0 Å². The fourth-order valence-electron chi connectivity index (χ4n) is 0. The van der Waals surface area contributed by atoms with Crippen LogP contribution >= 0.6 is 17.0 Å². The third kappa shape index (κ3) is 159. The molecule has 0 fully saturated rings. The van der Waals surface area contributed by atoms with E-state index in [-0.39, 0.29) is 17.0 Å². The number of halogens is 1. The van der Waals surface area contributed by atoms with Crippen LogP contribution in [0.4, 0.5) is 0 Å². The second-order valence-corrected chi connectivity index (χ2v) is 0.849. The molecule has 5 heteroatoms. The van der Waals surface area contributed by atoms with Crippen molar-refractivity contribution in [2.75, 3.05) is 0 Å². The van der Waals surface area contributed by atoms with E-state index in [9.17, 15) is 0 Å². The first-order chi connectivity index (χ1) is 1.73. The van der Waals surface area contributed by atoms with E-state index in [4.69, 9.17) is 10.1 Å². The van der Waals surface area contributed by atoms with Gasteiger partial charge in [-0.15, -0.1) is 17.0 Å². The Kier molecular flexibility index (Phi) is 7.96. The van der Waals surface area contributed by atoms with Crippen LogP contribution < -0.4 is 0 Å². The van der Waals surface area contributed by atoms with Crippen LogP contribution in [0.5, 0.6) is 0 Å². The Balaban J connectivity index is 0. The third-order valence-corrected chi connectivity index (χ3v) is 0. The van der Waals surface area contributed by atoms with Crippen molar-refractivity contribution in [1.29, 1.82) is 0 Å². The zero-order chi connectivity index (χ0) is 3.58. The minimum absolute atomic E-state index is 0. The average molecular weight is 206 g/mol. The summed E-state index contributed by atoms with van der Waals surface area (Å²) in [7, 11) is 0. The van der Waals surface area contributed by atoms with Crippen LogP contribution in [0.25, 0.3) is 0 Å². The van der Waals surface area contributed by atoms with Gasteiger partial charge >= 0.3 is 30.3 Å². The Bertz CT molecular complexity index is 32.6. The van der Waals surface area contributed by atoms with Gasteiger partial charge in [0.1, 0.15) is 0 Å². The summed E-state index contributed by atoms with van der Waals surface area (Å²) >= 11 is 1.62. The molecule has 0 aromatic heterocycles. The predicted molar refractivity (Wildman–Crippen MR) is 23.1 cm³/mol. The first kappa shape index (κ1) is 9.04. The molecule has 0 amide bonds. The fraction of sp³-hybridized carbons (Fsp3) is 0. The summed E-state index contributed by atoms with van der Waals surface area (Å²) in [5.74, 6) is 0. The van der Waals surface area contributed by atoms with Gasteiger partial charge in [0.15, 0.2) is 0 Å². The quantitative estimate of drug-likeness (QED) is 0.316. The van der Waals surface area contributed by atoms with E-state index in [2.05, 4.69) is 0 Å². The molecule has 0 saturated heterocycles. The molecule has 0 aromatic carbocycles. The first-order valence-corrected chi connectivity index (χ1v) is 1.31. The number of hydrogen-bond donors (Lipinski definition) is 0. The Morgan fingerprint density at radius 3 is 1.80 bits per heavy atom. The fourth-order valence-corrected chi connectivity index (χ4v) is 0. The van der Waals surface area contributed by atoms with Crippen LogP contribution in [-0.2, 0) is 0 Å². The predicted octanol–water partition coefficient (Wildman–Crippen LogP) is -0.0755. The topological polar surface area (TPSA) is 43.1 Å². The summed E-state index contributed by atoms with van der Waals surface area (Å²) in [6.07, 6.45) is 0. The summed E-state index contributed by atoms with van der Waals surface area (Å²) < 4.78 is -0.625. The molecule has 0 heterocycles. The van der Waals surface area contributed by atoms with Crippen LogP contribution in [-0.4, -0.2) is 20.2 Å². The van der Waals surface area contributed by atoms with Gasteiger partial charge in [-0.3, -0.25) is 0 Å². The molecule has 0 rings (SSSR count). The van der Waals surface area contributed by atoms with Crippen LogP contribution in [0, 0.1) is 10.1 Å². The van der Waals surface area contributed by atoms with E-state index in [0.717, 1.165) is 0 Å². The normalized spacial score (nSPS) is 4.80. The molecule has 0 unspecified atom stereocenters. The molecule has 0 aliphatic carbocycles. The van der Waals surface area contributed by atoms with Gasteiger partial charge in [-0.25, -0.2) is 0 Å². The van der Waals surface area contributed by atoms with Crippen molar-refractivity contribution in [1.82, 2.24) is 0 Å². The van der Waals surface area contributed by atoms with E-state index in [0.29, 0.717) is 0 Å². The van der Waals surface area contributed by atoms with E-state index in [1.807, 2.05) is 0 Å². The SMILES string of the molecule is Br.O=[N+]([O-])[Se]. The Morgan fingerprint density at radius 2 is 1.80 bits per heavy atom. The summed E-state index contributed by atoms with van der Waals surface area (Å²) in [6, 6.07) is 0. The van der Waals surface area contributed by atoms with Crippen molar-refractivity contribution in [3.8, 4) is 0 Å². The average Bonchev–Trinajstić information content (AvgIpc) is 0.811. The third-order valence-electron chi connectivity index (χ3n) is 0. The molecule has 0 N–H and O–H groups in total. The van der Waals surface area contributed by atoms with E-state index >= 15 is 0 Å². The Labute approximate surface area is 47.7 Å². The molecular weight excluding hydrogens is 205 g/mol. The van der Waals surface area contributed by atoms with E-state index in [1.165, 1.54) is 0 Å². The monoisotopic (exact) mass is 206 g/mol. The summed E-state index contributed by atoms with van der Waals surface area (Å²) in [4.78, 5) is 8.75. The molecule has 0 atom stereocenters. The second kappa shape index (κ2) is 4.40. The number of hydrogen-bond acceptors (Lipinski definition) is 2. The van der Waals surface area contributed by atoms with Crippen LogP contribution in [0.1, 0.15) is 0 Å². The van der Waals surface area contributed by atoms with Gasteiger partial charge < -0.3 is 0 Å². The number of nitrogens with zero attached hydrogens (tertiary/aromatic N) is 1. The minimum atomic E-state index is -0.625. The van der Waals surface area contributed by atoms with Gasteiger partial charge in [0.25, 0.3) is 0 Å². The van der Waals surface area contributed by atoms with Crippen molar-refractivity contribution < 1.29 is 3.94 Å². The first-order valence-electron chi connectivity index (χ1n) is 0.548. The van der Waals surface area contributed by atoms with Gasteiger partial charge in [-0.2, -0.15) is 0 Å². The molecular formula is HBrNO2Se. The molecule has 0 spiro atoms. The van der Waals surface area contributed by atoms with Crippen molar-refractivity contribution >= 4 is 33.2 Å². The van der Waals surface area contributed by atoms with Gasteiger partial charge in [0.05, 0.1) is 0 Å². The van der Waals surface area contributed by atoms with Crippen LogP contribution in [0.2, 0.25) is 0 Å². The molecule has 0 saturated carbocycles. The van der Waals surface area contributed by atoms with Crippen LogP contribution in [0.3, 0.4) is 0 Å².